The second-order valence-corrected chi connectivity index (χ2v) is 6.54. The van der Waals surface area contributed by atoms with Crippen LogP contribution in [0.25, 0.3) is 0 Å². The third kappa shape index (κ3) is 2.89. The fourth-order valence-corrected chi connectivity index (χ4v) is 3.76. The molecule has 2 saturated heterocycles. The third-order valence-corrected chi connectivity index (χ3v) is 5.06. The van der Waals surface area contributed by atoms with Crippen molar-refractivity contribution in [3.63, 3.8) is 0 Å². The van der Waals surface area contributed by atoms with Crippen molar-refractivity contribution in [3.8, 4) is 5.75 Å². The van der Waals surface area contributed by atoms with E-state index in [0.29, 0.717) is 29.9 Å². The second-order valence-electron chi connectivity index (χ2n) is 6.54. The van der Waals surface area contributed by atoms with Crippen LogP contribution in [0.1, 0.15) is 22.3 Å². The average molecular weight is 322 g/mol. The summed E-state index contributed by atoms with van der Waals surface area (Å²) in [6.07, 6.45) is 1.09. The van der Waals surface area contributed by atoms with Gasteiger partial charge in [0.1, 0.15) is 12.4 Å². The molecule has 2 aromatic carbocycles. The molecule has 0 radical (unpaired) electrons. The van der Waals surface area contributed by atoms with Crippen LogP contribution in [0.15, 0.2) is 54.6 Å². The first kappa shape index (κ1) is 15.2. The van der Waals surface area contributed by atoms with Gasteiger partial charge in [0, 0.05) is 25.7 Å². The standard InChI is InChI=1S/C20H22N2O2/c23-20(22-11-10-16-12-21-13-18(16)22)17-8-4-5-9-19(17)24-14-15-6-2-1-3-7-15/h1-9,16,18,21H,10-14H2/t16-,18+/m0/s1. The number of carbonyl (C=O) groups excluding carboxylic acids is 1. The monoisotopic (exact) mass is 322 g/mol. The summed E-state index contributed by atoms with van der Waals surface area (Å²) in [7, 11) is 0. The smallest absolute Gasteiger partial charge is 0.257 e. The van der Waals surface area contributed by atoms with Crippen molar-refractivity contribution in [2.24, 2.45) is 5.92 Å². The van der Waals surface area contributed by atoms with Crippen LogP contribution in [0.5, 0.6) is 5.75 Å². The molecule has 24 heavy (non-hydrogen) atoms. The molecule has 2 fully saturated rings. The number of para-hydroxylation sites is 1. The van der Waals surface area contributed by atoms with E-state index in [1.807, 2.05) is 59.5 Å². The second kappa shape index (κ2) is 6.65. The van der Waals surface area contributed by atoms with Gasteiger partial charge in [-0.25, -0.2) is 0 Å². The number of benzene rings is 2. The topological polar surface area (TPSA) is 41.6 Å². The molecule has 2 aromatic rings. The molecular formula is C20H22N2O2. The largest absolute Gasteiger partial charge is 0.488 e. The zero-order chi connectivity index (χ0) is 16.4. The van der Waals surface area contributed by atoms with E-state index < -0.39 is 0 Å². The lowest BCUT2D eigenvalue weighted by Gasteiger charge is -2.24. The lowest BCUT2D eigenvalue weighted by atomic mass is 10.0. The Balaban J connectivity index is 1.52. The van der Waals surface area contributed by atoms with Gasteiger partial charge < -0.3 is 15.0 Å². The SMILES string of the molecule is O=C(c1ccccc1OCc1ccccc1)N1CC[C@H]2CNC[C@H]21. The van der Waals surface area contributed by atoms with Crippen molar-refractivity contribution < 1.29 is 9.53 Å². The van der Waals surface area contributed by atoms with Gasteiger partial charge in [-0.1, -0.05) is 42.5 Å². The van der Waals surface area contributed by atoms with Crippen molar-refractivity contribution >= 4 is 5.91 Å². The van der Waals surface area contributed by atoms with Crippen LogP contribution in [-0.4, -0.2) is 36.5 Å². The molecule has 4 nitrogen and oxygen atoms in total. The van der Waals surface area contributed by atoms with Crippen LogP contribution in [-0.2, 0) is 6.61 Å². The van der Waals surface area contributed by atoms with Crippen molar-refractivity contribution in [3.05, 3.63) is 65.7 Å². The number of hydrogen-bond acceptors (Lipinski definition) is 3. The molecule has 2 aliphatic heterocycles. The number of hydrogen-bond donors (Lipinski definition) is 1. The van der Waals surface area contributed by atoms with E-state index in [2.05, 4.69) is 5.32 Å². The average Bonchev–Trinajstić information content (AvgIpc) is 3.24. The Hall–Kier alpha value is -2.33. The van der Waals surface area contributed by atoms with Gasteiger partial charge in [0.05, 0.1) is 5.56 Å². The fourth-order valence-electron chi connectivity index (χ4n) is 3.76. The van der Waals surface area contributed by atoms with Gasteiger partial charge in [-0.15, -0.1) is 0 Å². The van der Waals surface area contributed by atoms with E-state index in [1.54, 1.807) is 0 Å². The molecule has 4 heteroatoms. The molecule has 0 saturated carbocycles. The highest BCUT2D eigenvalue weighted by Gasteiger charge is 2.40. The van der Waals surface area contributed by atoms with Gasteiger partial charge in [-0.2, -0.15) is 0 Å². The molecule has 0 aliphatic carbocycles. The summed E-state index contributed by atoms with van der Waals surface area (Å²) in [6.45, 7) is 3.26. The molecule has 0 spiro atoms. The zero-order valence-corrected chi connectivity index (χ0v) is 13.7. The van der Waals surface area contributed by atoms with E-state index in [4.69, 9.17) is 4.74 Å². The summed E-state index contributed by atoms with van der Waals surface area (Å²) in [5, 5.41) is 3.40. The van der Waals surface area contributed by atoms with Gasteiger partial charge >= 0.3 is 0 Å². The first-order valence-corrected chi connectivity index (χ1v) is 8.60. The molecule has 4 rings (SSSR count). The number of fused-ring (bicyclic) bond motifs is 1. The molecule has 2 atom stereocenters. The van der Waals surface area contributed by atoms with Crippen LogP contribution in [0.4, 0.5) is 0 Å². The highest BCUT2D eigenvalue weighted by Crippen LogP contribution is 2.30. The summed E-state index contributed by atoms with van der Waals surface area (Å²) in [5.74, 6) is 1.36. The summed E-state index contributed by atoms with van der Waals surface area (Å²) in [4.78, 5) is 15.1. The summed E-state index contributed by atoms with van der Waals surface area (Å²) in [5.41, 5.74) is 1.77. The summed E-state index contributed by atoms with van der Waals surface area (Å²) < 4.78 is 5.95. The van der Waals surface area contributed by atoms with Gasteiger partial charge in [0.25, 0.3) is 5.91 Å². The molecule has 0 aromatic heterocycles. The van der Waals surface area contributed by atoms with E-state index in [-0.39, 0.29) is 5.91 Å². The number of nitrogens with one attached hydrogen (secondary N) is 1. The number of rotatable bonds is 4. The predicted molar refractivity (Wildman–Crippen MR) is 93.0 cm³/mol. The Kier molecular flexibility index (Phi) is 4.22. The molecular weight excluding hydrogens is 300 g/mol. The van der Waals surface area contributed by atoms with Gasteiger partial charge in [0.15, 0.2) is 0 Å². The molecule has 0 unspecified atom stereocenters. The number of ether oxygens (including phenoxy) is 1. The summed E-state index contributed by atoms with van der Waals surface area (Å²) in [6, 6.07) is 17.9. The van der Waals surface area contributed by atoms with Crippen molar-refractivity contribution in [2.45, 2.75) is 19.1 Å². The quantitative estimate of drug-likeness (QED) is 0.941. The van der Waals surface area contributed by atoms with Gasteiger partial charge in [-0.3, -0.25) is 4.79 Å². The van der Waals surface area contributed by atoms with E-state index >= 15 is 0 Å². The number of amides is 1. The minimum absolute atomic E-state index is 0.0925. The van der Waals surface area contributed by atoms with Crippen LogP contribution in [0.3, 0.4) is 0 Å². The van der Waals surface area contributed by atoms with Crippen molar-refractivity contribution in [2.75, 3.05) is 19.6 Å². The van der Waals surface area contributed by atoms with E-state index in [9.17, 15) is 4.79 Å². The maximum absolute atomic E-state index is 13.0. The molecule has 124 valence electrons. The first-order chi connectivity index (χ1) is 11.8. The Bertz CT molecular complexity index is 717. The number of carbonyl (C=O) groups is 1. The number of nitrogens with zero attached hydrogens (tertiary/aromatic N) is 1. The number of likely N-dealkylation sites (tertiary alicyclic amines) is 1. The predicted octanol–water partition coefficient (Wildman–Crippen LogP) is 2.70. The van der Waals surface area contributed by atoms with E-state index in [0.717, 1.165) is 31.6 Å². The van der Waals surface area contributed by atoms with Crippen LogP contribution in [0, 0.1) is 5.92 Å². The Morgan fingerprint density at radius 2 is 1.88 bits per heavy atom. The molecule has 2 heterocycles. The van der Waals surface area contributed by atoms with Gasteiger partial charge in [-0.05, 0) is 30.0 Å². The highest BCUT2D eigenvalue weighted by atomic mass is 16.5. The first-order valence-electron chi connectivity index (χ1n) is 8.60. The Morgan fingerprint density at radius 1 is 1.08 bits per heavy atom. The molecule has 1 amide bonds. The van der Waals surface area contributed by atoms with Crippen LogP contribution in [0.2, 0.25) is 0 Å². The maximum Gasteiger partial charge on any atom is 0.257 e. The lowest BCUT2D eigenvalue weighted by Crippen LogP contribution is -2.39. The fraction of sp³-hybridized carbons (Fsp3) is 0.350. The zero-order valence-electron chi connectivity index (χ0n) is 13.7. The lowest BCUT2D eigenvalue weighted by molar-refractivity contribution is 0.0732. The van der Waals surface area contributed by atoms with Crippen LogP contribution >= 0.6 is 0 Å². The molecule has 0 bridgehead atoms. The van der Waals surface area contributed by atoms with E-state index in [1.165, 1.54) is 0 Å². The minimum Gasteiger partial charge on any atom is -0.488 e. The highest BCUT2D eigenvalue weighted by molar-refractivity contribution is 5.97. The normalized spacial score (nSPS) is 22.4. The Labute approximate surface area is 142 Å². The molecule has 1 N–H and O–H groups in total. The van der Waals surface area contributed by atoms with Crippen molar-refractivity contribution in [1.82, 2.24) is 10.2 Å². The summed E-state index contributed by atoms with van der Waals surface area (Å²) >= 11 is 0. The van der Waals surface area contributed by atoms with Gasteiger partial charge in [0.2, 0.25) is 0 Å². The third-order valence-electron chi connectivity index (χ3n) is 5.06. The molecule has 2 aliphatic rings. The van der Waals surface area contributed by atoms with Crippen LogP contribution < -0.4 is 10.1 Å². The minimum atomic E-state index is 0.0925. The van der Waals surface area contributed by atoms with Crippen molar-refractivity contribution in [1.29, 1.82) is 0 Å². The maximum atomic E-state index is 13.0. The Morgan fingerprint density at radius 3 is 2.75 bits per heavy atom.